The SMILES string of the molecule is CC(C(=O)Nc1cc(Cl)ccc1N)N(C)CC(F)(F)F. The van der Waals surface area contributed by atoms with Crippen molar-refractivity contribution in [2.45, 2.75) is 19.1 Å². The molecule has 1 aromatic carbocycles. The Morgan fingerprint density at radius 1 is 1.50 bits per heavy atom. The van der Waals surface area contributed by atoms with E-state index in [-0.39, 0.29) is 11.4 Å². The van der Waals surface area contributed by atoms with Crippen molar-refractivity contribution in [3.63, 3.8) is 0 Å². The van der Waals surface area contributed by atoms with Crippen LogP contribution in [-0.2, 0) is 4.79 Å². The Bertz CT molecular complexity index is 493. The van der Waals surface area contributed by atoms with Gasteiger partial charge in [0.05, 0.1) is 24.0 Å². The molecule has 0 bridgehead atoms. The Morgan fingerprint density at radius 2 is 2.10 bits per heavy atom. The van der Waals surface area contributed by atoms with Crippen LogP contribution in [0.25, 0.3) is 0 Å². The predicted octanol–water partition coefficient (Wildman–Crippen LogP) is 2.74. The molecule has 1 unspecified atom stereocenters. The number of amides is 1. The Morgan fingerprint density at radius 3 is 2.65 bits per heavy atom. The van der Waals surface area contributed by atoms with Crippen molar-refractivity contribution in [1.82, 2.24) is 4.90 Å². The summed E-state index contributed by atoms with van der Waals surface area (Å²) in [5.74, 6) is -0.592. The molecule has 0 radical (unpaired) electrons. The lowest BCUT2D eigenvalue weighted by Crippen LogP contribution is -2.44. The number of nitrogens with two attached hydrogens (primary N) is 1. The summed E-state index contributed by atoms with van der Waals surface area (Å²) in [5.41, 5.74) is 6.21. The summed E-state index contributed by atoms with van der Waals surface area (Å²) >= 11 is 5.76. The highest BCUT2D eigenvalue weighted by Crippen LogP contribution is 2.23. The van der Waals surface area contributed by atoms with Gasteiger partial charge in [-0.1, -0.05) is 11.6 Å². The number of carbonyl (C=O) groups is 1. The average Bonchev–Trinajstić information content (AvgIpc) is 2.30. The fourth-order valence-electron chi connectivity index (χ4n) is 1.49. The minimum atomic E-state index is -4.36. The number of halogens is 4. The molecule has 0 fully saturated rings. The number of hydrogen-bond acceptors (Lipinski definition) is 3. The maximum Gasteiger partial charge on any atom is 0.401 e. The second-order valence-electron chi connectivity index (χ2n) is 4.43. The molecule has 0 aromatic heterocycles. The lowest BCUT2D eigenvalue weighted by molar-refractivity contribution is -0.149. The lowest BCUT2D eigenvalue weighted by Gasteiger charge is -2.25. The molecule has 3 N–H and O–H groups in total. The van der Waals surface area contributed by atoms with Gasteiger partial charge in [0.25, 0.3) is 0 Å². The van der Waals surface area contributed by atoms with E-state index in [4.69, 9.17) is 17.3 Å². The second-order valence-corrected chi connectivity index (χ2v) is 4.86. The molecule has 0 aliphatic heterocycles. The van der Waals surface area contributed by atoms with Gasteiger partial charge in [0.15, 0.2) is 0 Å². The quantitative estimate of drug-likeness (QED) is 0.841. The van der Waals surface area contributed by atoms with Gasteiger partial charge in [-0.15, -0.1) is 0 Å². The predicted molar refractivity (Wildman–Crippen MR) is 72.6 cm³/mol. The van der Waals surface area contributed by atoms with E-state index in [1.165, 1.54) is 26.1 Å². The minimum Gasteiger partial charge on any atom is -0.397 e. The molecule has 1 aromatic rings. The number of alkyl halides is 3. The van der Waals surface area contributed by atoms with Gasteiger partial charge in [0.1, 0.15) is 0 Å². The van der Waals surface area contributed by atoms with Crippen LogP contribution in [0.15, 0.2) is 18.2 Å². The van der Waals surface area contributed by atoms with Crippen molar-refractivity contribution in [3.8, 4) is 0 Å². The number of carbonyl (C=O) groups excluding carboxylic acids is 1. The molecule has 4 nitrogen and oxygen atoms in total. The van der Waals surface area contributed by atoms with Gasteiger partial charge in [-0.05, 0) is 32.2 Å². The molecule has 0 heterocycles. The van der Waals surface area contributed by atoms with E-state index >= 15 is 0 Å². The topological polar surface area (TPSA) is 58.4 Å². The maximum absolute atomic E-state index is 12.3. The largest absolute Gasteiger partial charge is 0.401 e. The number of likely N-dealkylation sites (N-methyl/N-ethyl adjacent to an activating group) is 1. The van der Waals surface area contributed by atoms with Crippen molar-refractivity contribution in [2.75, 3.05) is 24.6 Å². The summed E-state index contributed by atoms with van der Waals surface area (Å²) in [6, 6.07) is 3.52. The molecule has 8 heteroatoms. The van der Waals surface area contributed by atoms with Crippen molar-refractivity contribution in [3.05, 3.63) is 23.2 Å². The first-order chi connectivity index (χ1) is 9.10. The number of hydrogen-bond donors (Lipinski definition) is 2. The van der Waals surface area contributed by atoms with Crippen LogP contribution in [0.4, 0.5) is 24.5 Å². The van der Waals surface area contributed by atoms with Crippen LogP contribution in [0.3, 0.4) is 0 Å². The van der Waals surface area contributed by atoms with Crippen molar-refractivity contribution in [1.29, 1.82) is 0 Å². The van der Waals surface area contributed by atoms with Gasteiger partial charge < -0.3 is 11.1 Å². The van der Waals surface area contributed by atoms with Gasteiger partial charge in [-0.2, -0.15) is 13.2 Å². The normalized spacial score (nSPS) is 13.3. The van der Waals surface area contributed by atoms with Crippen LogP contribution in [0.1, 0.15) is 6.92 Å². The zero-order valence-corrected chi connectivity index (χ0v) is 11.7. The molecule has 0 saturated carbocycles. The van der Waals surface area contributed by atoms with Gasteiger partial charge in [-0.25, -0.2) is 0 Å². The molecule has 1 amide bonds. The van der Waals surface area contributed by atoms with Crippen LogP contribution in [0, 0.1) is 0 Å². The number of benzene rings is 1. The van der Waals surface area contributed by atoms with Crippen LogP contribution in [-0.4, -0.2) is 36.6 Å². The molecule has 0 aliphatic carbocycles. The Kier molecular flexibility index (Phi) is 5.24. The number of anilines is 2. The van der Waals surface area contributed by atoms with Crippen molar-refractivity contribution < 1.29 is 18.0 Å². The monoisotopic (exact) mass is 309 g/mol. The Labute approximate surface area is 119 Å². The van der Waals surface area contributed by atoms with E-state index in [2.05, 4.69) is 5.32 Å². The third kappa shape index (κ3) is 4.90. The summed E-state index contributed by atoms with van der Waals surface area (Å²) < 4.78 is 36.8. The van der Waals surface area contributed by atoms with Crippen LogP contribution < -0.4 is 11.1 Å². The summed E-state index contributed by atoms with van der Waals surface area (Å²) in [7, 11) is 1.22. The van der Waals surface area contributed by atoms with Gasteiger partial charge in [0, 0.05) is 5.02 Å². The second kappa shape index (κ2) is 6.32. The molecular weight excluding hydrogens is 295 g/mol. The van der Waals surface area contributed by atoms with E-state index in [0.717, 1.165) is 4.90 Å². The standard InChI is InChI=1S/C12H15ClF3N3O/c1-7(19(2)6-12(14,15)16)11(20)18-10-5-8(13)3-4-9(10)17/h3-5,7H,6,17H2,1-2H3,(H,18,20). The first-order valence-electron chi connectivity index (χ1n) is 5.73. The van der Waals surface area contributed by atoms with E-state index < -0.39 is 24.7 Å². The Balaban J connectivity index is 2.73. The van der Waals surface area contributed by atoms with Crippen LogP contribution in [0.2, 0.25) is 5.02 Å². The highest BCUT2D eigenvalue weighted by Gasteiger charge is 2.32. The van der Waals surface area contributed by atoms with Gasteiger partial charge >= 0.3 is 6.18 Å². The fraction of sp³-hybridized carbons (Fsp3) is 0.417. The van der Waals surface area contributed by atoms with Gasteiger partial charge in [0.2, 0.25) is 5.91 Å². The molecule has 0 saturated heterocycles. The lowest BCUT2D eigenvalue weighted by atomic mass is 10.2. The zero-order chi connectivity index (χ0) is 15.5. The molecule has 0 spiro atoms. The summed E-state index contributed by atoms with van der Waals surface area (Å²) in [5, 5.41) is 2.83. The number of nitrogen functional groups attached to an aromatic ring is 1. The van der Waals surface area contributed by atoms with Crippen molar-refractivity contribution in [2.24, 2.45) is 0 Å². The third-order valence-electron chi connectivity index (χ3n) is 2.74. The molecular formula is C12H15ClF3N3O. The van der Waals surface area contributed by atoms with Crippen molar-refractivity contribution >= 4 is 28.9 Å². The van der Waals surface area contributed by atoms with E-state index in [9.17, 15) is 18.0 Å². The summed E-state index contributed by atoms with van der Waals surface area (Å²) in [6.45, 7) is 0.203. The molecule has 1 atom stereocenters. The summed E-state index contributed by atoms with van der Waals surface area (Å²) in [6.07, 6.45) is -4.36. The number of nitrogens with zero attached hydrogens (tertiary/aromatic N) is 1. The average molecular weight is 310 g/mol. The fourth-order valence-corrected chi connectivity index (χ4v) is 1.67. The number of rotatable bonds is 4. The highest BCUT2D eigenvalue weighted by atomic mass is 35.5. The molecule has 1 rings (SSSR count). The van der Waals surface area contributed by atoms with Gasteiger partial charge in [-0.3, -0.25) is 9.69 Å². The molecule has 0 aliphatic rings. The molecule has 112 valence electrons. The minimum absolute atomic E-state index is 0.273. The smallest absolute Gasteiger partial charge is 0.397 e. The first-order valence-corrected chi connectivity index (χ1v) is 6.11. The third-order valence-corrected chi connectivity index (χ3v) is 2.98. The highest BCUT2D eigenvalue weighted by molar-refractivity contribution is 6.31. The van der Waals surface area contributed by atoms with Crippen LogP contribution >= 0.6 is 11.6 Å². The van der Waals surface area contributed by atoms with Crippen LogP contribution in [0.5, 0.6) is 0 Å². The maximum atomic E-state index is 12.3. The zero-order valence-electron chi connectivity index (χ0n) is 11.0. The van der Waals surface area contributed by atoms with E-state index in [1.54, 1.807) is 6.07 Å². The summed E-state index contributed by atoms with van der Waals surface area (Å²) in [4.78, 5) is 12.8. The molecule has 20 heavy (non-hydrogen) atoms. The van der Waals surface area contributed by atoms with E-state index in [0.29, 0.717) is 5.02 Å². The first kappa shape index (κ1) is 16.6. The number of nitrogens with one attached hydrogen (secondary N) is 1. The van der Waals surface area contributed by atoms with E-state index in [1.807, 2.05) is 0 Å². The Hall–Kier alpha value is -1.47.